The molecule has 4 N–H and O–H groups in total. The number of aromatic amines is 1. The largest absolute Gasteiger partial charge is 0.484 e. The number of aromatic nitrogens is 1. The number of para-hydroxylation sites is 1. The van der Waals surface area contributed by atoms with Gasteiger partial charge < -0.3 is 20.8 Å². The third kappa shape index (κ3) is 5.22. The second-order valence-electron chi connectivity index (χ2n) is 6.06. The summed E-state index contributed by atoms with van der Waals surface area (Å²) >= 11 is 0. The number of benzene rings is 2. The summed E-state index contributed by atoms with van der Waals surface area (Å²) in [5.41, 5.74) is 8.16. The standard InChI is InChI=1S/C21H21N3O3/c22-20(25)14-27-17-8-5-15(6-9-17)7-10-21(26)23-12-11-16-13-24-19-4-2-1-3-18(16)19/h1-10,13,24H,11-12,14H2,(H2,22,25)(H,23,26)/b10-7+. The van der Waals surface area contributed by atoms with Crippen LogP contribution in [0.4, 0.5) is 0 Å². The Morgan fingerprint density at radius 3 is 2.67 bits per heavy atom. The Kier molecular flexibility index (Phi) is 5.89. The number of fused-ring (bicyclic) bond motifs is 1. The number of rotatable bonds is 8. The van der Waals surface area contributed by atoms with E-state index in [9.17, 15) is 9.59 Å². The Bertz CT molecular complexity index is 958. The molecule has 1 aromatic heterocycles. The summed E-state index contributed by atoms with van der Waals surface area (Å²) in [4.78, 5) is 25.9. The van der Waals surface area contributed by atoms with Crippen molar-refractivity contribution >= 4 is 28.8 Å². The van der Waals surface area contributed by atoms with Gasteiger partial charge in [-0.05, 0) is 41.8 Å². The van der Waals surface area contributed by atoms with Gasteiger partial charge in [0.2, 0.25) is 5.91 Å². The predicted molar refractivity (Wildman–Crippen MR) is 105 cm³/mol. The number of amides is 2. The summed E-state index contributed by atoms with van der Waals surface area (Å²) < 4.78 is 5.19. The van der Waals surface area contributed by atoms with Crippen molar-refractivity contribution in [3.8, 4) is 5.75 Å². The lowest BCUT2D eigenvalue weighted by molar-refractivity contribution is -0.120. The Balaban J connectivity index is 1.46. The number of nitrogens with one attached hydrogen (secondary N) is 2. The van der Waals surface area contributed by atoms with E-state index in [4.69, 9.17) is 10.5 Å². The smallest absolute Gasteiger partial charge is 0.255 e. The van der Waals surface area contributed by atoms with Crippen LogP contribution in [0, 0.1) is 0 Å². The zero-order chi connectivity index (χ0) is 19.1. The summed E-state index contributed by atoms with van der Waals surface area (Å²) in [6, 6.07) is 15.1. The summed E-state index contributed by atoms with van der Waals surface area (Å²) in [6.45, 7) is 0.402. The topological polar surface area (TPSA) is 97.2 Å². The monoisotopic (exact) mass is 363 g/mol. The van der Waals surface area contributed by atoms with E-state index in [1.54, 1.807) is 30.3 Å². The van der Waals surface area contributed by atoms with Crippen LogP contribution in [-0.2, 0) is 16.0 Å². The molecule has 0 bridgehead atoms. The molecule has 0 aliphatic carbocycles. The highest BCUT2D eigenvalue weighted by atomic mass is 16.5. The molecule has 0 saturated carbocycles. The van der Waals surface area contributed by atoms with Gasteiger partial charge in [0.05, 0.1) is 0 Å². The van der Waals surface area contributed by atoms with Crippen molar-refractivity contribution in [2.24, 2.45) is 5.73 Å². The molecule has 0 aliphatic heterocycles. The van der Waals surface area contributed by atoms with Gasteiger partial charge in [-0.2, -0.15) is 0 Å². The first-order chi connectivity index (χ1) is 13.1. The third-order valence-electron chi connectivity index (χ3n) is 4.06. The van der Waals surface area contributed by atoms with Crippen LogP contribution in [0.15, 0.2) is 60.8 Å². The second-order valence-corrected chi connectivity index (χ2v) is 6.06. The first-order valence-corrected chi connectivity index (χ1v) is 8.64. The van der Waals surface area contributed by atoms with Crippen molar-refractivity contribution in [1.29, 1.82) is 0 Å². The number of H-pyrrole nitrogens is 1. The fraction of sp³-hybridized carbons (Fsp3) is 0.143. The molecule has 2 amide bonds. The maximum atomic E-state index is 12.0. The molecule has 0 unspecified atom stereocenters. The lowest BCUT2D eigenvalue weighted by Crippen LogP contribution is -2.23. The van der Waals surface area contributed by atoms with Gasteiger partial charge in [-0.25, -0.2) is 0 Å². The molecule has 3 aromatic rings. The van der Waals surface area contributed by atoms with E-state index >= 15 is 0 Å². The lowest BCUT2D eigenvalue weighted by Gasteiger charge is -2.04. The molecule has 0 saturated heterocycles. The van der Waals surface area contributed by atoms with Crippen LogP contribution in [0.1, 0.15) is 11.1 Å². The molecular formula is C21H21N3O3. The third-order valence-corrected chi connectivity index (χ3v) is 4.06. The maximum Gasteiger partial charge on any atom is 0.255 e. The van der Waals surface area contributed by atoms with Gasteiger partial charge in [0, 0.05) is 29.7 Å². The second kappa shape index (κ2) is 8.71. The molecular weight excluding hydrogens is 342 g/mol. The Hall–Kier alpha value is -3.54. The van der Waals surface area contributed by atoms with Crippen molar-refractivity contribution in [2.45, 2.75) is 6.42 Å². The van der Waals surface area contributed by atoms with E-state index in [1.165, 1.54) is 17.0 Å². The molecule has 0 aliphatic rings. The number of hydrogen-bond donors (Lipinski definition) is 3. The van der Waals surface area contributed by atoms with E-state index < -0.39 is 5.91 Å². The maximum absolute atomic E-state index is 12.0. The fourth-order valence-electron chi connectivity index (χ4n) is 2.72. The number of primary amides is 1. The van der Waals surface area contributed by atoms with Crippen LogP contribution < -0.4 is 15.8 Å². The number of hydrogen-bond acceptors (Lipinski definition) is 3. The summed E-state index contributed by atoms with van der Waals surface area (Å²) in [6.07, 6.45) is 5.96. The van der Waals surface area contributed by atoms with Crippen molar-refractivity contribution < 1.29 is 14.3 Å². The average molecular weight is 363 g/mol. The first kappa shape index (κ1) is 18.3. The fourth-order valence-corrected chi connectivity index (χ4v) is 2.72. The van der Waals surface area contributed by atoms with Crippen LogP contribution in [-0.4, -0.2) is 29.9 Å². The zero-order valence-corrected chi connectivity index (χ0v) is 14.8. The zero-order valence-electron chi connectivity index (χ0n) is 14.8. The predicted octanol–water partition coefficient (Wildman–Crippen LogP) is 2.40. The molecule has 0 radical (unpaired) electrons. The highest BCUT2D eigenvalue weighted by Crippen LogP contribution is 2.17. The normalized spacial score (nSPS) is 11.0. The van der Waals surface area contributed by atoms with Crippen LogP contribution in [0.2, 0.25) is 0 Å². The molecule has 138 valence electrons. The lowest BCUT2D eigenvalue weighted by atomic mass is 10.1. The summed E-state index contributed by atoms with van der Waals surface area (Å²) in [7, 11) is 0. The summed E-state index contributed by atoms with van der Waals surface area (Å²) in [5, 5.41) is 4.07. The molecule has 6 heteroatoms. The van der Waals surface area contributed by atoms with Gasteiger partial charge >= 0.3 is 0 Å². The first-order valence-electron chi connectivity index (χ1n) is 8.64. The van der Waals surface area contributed by atoms with Crippen LogP contribution in [0.25, 0.3) is 17.0 Å². The average Bonchev–Trinajstić information content (AvgIpc) is 3.09. The minimum atomic E-state index is -0.525. The highest BCUT2D eigenvalue weighted by Gasteiger charge is 2.03. The van der Waals surface area contributed by atoms with Crippen molar-refractivity contribution in [1.82, 2.24) is 10.3 Å². The van der Waals surface area contributed by atoms with E-state index in [0.717, 1.165) is 17.5 Å². The minimum Gasteiger partial charge on any atom is -0.484 e. The Labute approximate surface area is 157 Å². The van der Waals surface area contributed by atoms with Crippen LogP contribution >= 0.6 is 0 Å². The van der Waals surface area contributed by atoms with Gasteiger partial charge in [0.1, 0.15) is 5.75 Å². The van der Waals surface area contributed by atoms with Crippen LogP contribution in [0.5, 0.6) is 5.75 Å². The number of carbonyl (C=O) groups excluding carboxylic acids is 2. The van der Waals surface area contributed by atoms with Gasteiger partial charge in [-0.15, -0.1) is 0 Å². The van der Waals surface area contributed by atoms with Gasteiger partial charge in [-0.3, -0.25) is 9.59 Å². The molecule has 6 nitrogen and oxygen atoms in total. The quantitative estimate of drug-likeness (QED) is 0.536. The molecule has 0 fully saturated rings. The number of carbonyl (C=O) groups is 2. The van der Waals surface area contributed by atoms with Gasteiger partial charge in [0.25, 0.3) is 5.91 Å². The van der Waals surface area contributed by atoms with E-state index in [0.29, 0.717) is 12.3 Å². The molecule has 27 heavy (non-hydrogen) atoms. The van der Waals surface area contributed by atoms with E-state index in [2.05, 4.69) is 16.4 Å². The van der Waals surface area contributed by atoms with Gasteiger partial charge in [0.15, 0.2) is 6.61 Å². The van der Waals surface area contributed by atoms with E-state index in [-0.39, 0.29) is 12.5 Å². The number of ether oxygens (including phenoxy) is 1. The number of nitrogens with two attached hydrogens (primary N) is 1. The molecule has 1 heterocycles. The van der Waals surface area contributed by atoms with Crippen molar-refractivity contribution in [2.75, 3.05) is 13.2 Å². The van der Waals surface area contributed by atoms with Crippen molar-refractivity contribution in [3.63, 3.8) is 0 Å². The minimum absolute atomic E-state index is 0.149. The van der Waals surface area contributed by atoms with E-state index in [1.807, 2.05) is 24.4 Å². The Morgan fingerprint density at radius 1 is 1.11 bits per heavy atom. The molecule has 2 aromatic carbocycles. The molecule has 0 atom stereocenters. The summed E-state index contributed by atoms with van der Waals surface area (Å²) in [5.74, 6) is -0.124. The molecule has 0 spiro atoms. The molecule has 3 rings (SSSR count). The Morgan fingerprint density at radius 2 is 1.89 bits per heavy atom. The van der Waals surface area contributed by atoms with Gasteiger partial charge in [-0.1, -0.05) is 30.3 Å². The SMILES string of the molecule is NC(=O)COc1ccc(/C=C/C(=O)NCCc2c[nH]c3ccccc23)cc1. The highest BCUT2D eigenvalue weighted by molar-refractivity contribution is 5.91. The van der Waals surface area contributed by atoms with Crippen molar-refractivity contribution in [3.05, 3.63) is 71.9 Å². The van der Waals surface area contributed by atoms with Crippen LogP contribution in [0.3, 0.4) is 0 Å².